The van der Waals surface area contributed by atoms with Crippen molar-refractivity contribution in [1.82, 2.24) is 24.9 Å². The number of para-hydroxylation sites is 1. The van der Waals surface area contributed by atoms with E-state index in [-0.39, 0.29) is 18.4 Å². The third-order valence-corrected chi connectivity index (χ3v) is 4.89. The number of H-pyrrole nitrogens is 1. The molecule has 6 nitrogen and oxygen atoms in total. The van der Waals surface area contributed by atoms with E-state index in [1.807, 2.05) is 24.3 Å². The monoisotopic (exact) mass is 377 g/mol. The summed E-state index contributed by atoms with van der Waals surface area (Å²) in [5.41, 5.74) is 0.638. The Kier molecular flexibility index (Phi) is 4.37. The summed E-state index contributed by atoms with van der Waals surface area (Å²) in [4.78, 5) is 14.4. The van der Waals surface area contributed by atoms with E-state index in [1.165, 1.54) is 10.9 Å². The van der Waals surface area contributed by atoms with Crippen LogP contribution in [0.1, 0.15) is 30.3 Å². The molecule has 1 N–H and O–H groups in total. The first-order valence-corrected chi connectivity index (χ1v) is 8.74. The predicted octanol–water partition coefficient (Wildman–Crippen LogP) is 3.18. The Morgan fingerprint density at radius 2 is 2.07 bits per heavy atom. The maximum absolute atomic E-state index is 12.8. The molecule has 0 spiro atoms. The summed E-state index contributed by atoms with van der Waals surface area (Å²) in [5, 5.41) is 11.7. The van der Waals surface area contributed by atoms with Gasteiger partial charge in [-0.1, -0.05) is 18.2 Å². The molecule has 1 aliphatic heterocycles. The van der Waals surface area contributed by atoms with E-state index < -0.39 is 11.9 Å². The van der Waals surface area contributed by atoms with Gasteiger partial charge in [-0.2, -0.15) is 23.4 Å². The number of likely N-dealkylation sites (tertiary alicyclic amines) is 1. The normalized spacial score (nSPS) is 18.2. The number of rotatable bonds is 3. The molecule has 1 fully saturated rings. The van der Waals surface area contributed by atoms with Crippen molar-refractivity contribution in [3.8, 4) is 0 Å². The summed E-state index contributed by atoms with van der Waals surface area (Å²) in [7, 11) is 0. The Morgan fingerprint density at radius 1 is 1.26 bits per heavy atom. The van der Waals surface area contributed by atoms with E-state index in [1.54, 1.807) is 4.90 Å². The third-order valence-electron chi connectivity index (χ3n) is 4.89. The van der Waals surface area contributed by atoms with E-state index in [9.17, 15) is 18.0 Å². The number of nitrogens with one attached hydrogen (secondary N) is 1. The molecule has 1 amide bonds. The number of fused-ring (bicyclic) bond motifs is 1. The molecule has 9 heteroatoms. The second-order valence-corrected chi connectivity index (χ2v) is 6.71. The quantitative estimate of drug-likeness (QED) is 0.762. The summed E-state index contributed by atoms with van der Waals surface area (Å²) in [6.45, 7) is 0.943. The molecule has 0 aliphatic carbocycles. The number of carbonyl (C=O) groups excluding carboxylic acids is 1. The lowest BCUT2D eigenvalue weighted by Crippen LogP contribution is -2.41. The molecule has 1 saturated heterocycles. The number of alkyl halides is 3. The van der Waals surface area contributed by atoms with Gasteiger partial charge in [-0.3, -0.25) is 14.6 Å². The molecule has 0 saturated carbocycles. The number of piperidine rings is 1. The van der Waals surface area contributed by atoms with Crippen molar-refractivity contribution in [1.29, 1.82) is 0 Å². The lowest BCUT2D eigenvalue weighted by molar-refractivity contribution is -0.142. The molecule has 1 aromatic carbocycles. The average Bonchev–Trinajstić information content (AvgIpc) is 3.30. The summed E-state index contributed by atoms with van der Waals surface area (Å²) in [5.74, 6) is -0.0719. The summed E-state index contributed by atoms with van der Waals surface area (Å²) in [6.07, 6.45) is -1.53. The first-order valence-electron chi connectivity index (χ1n) is 8.74. The average molecular weight is 377 g/mol. The molecule has 2 aromatic heterocycles. The van der Waals surface area contributed by atoms with Gasteiger partial charge in [-0.15, -0.1) is 0 Å². The number of aromatic amines is 1. The van der Waals surface area contributed by atoms with E-state index in [4.69, 9.17) is 0 Å². The second kappa shape index (κ2) is 6.71. The molecule has 142 valence electrons. The number of nitrogens with zero attached hydrogens (tertiary/aromatic N) is 4. The van der Waals surface area contributed by atoms with Crippen LogP contribution in [-0.2, 0) is 17.4 Å². The number of amides is 1. The minimum atomic E-state index is -4.46. The topological polar surface area (TPSA) is 66.8 Å². The van der Waals surface area contributed by atoms with Crippen LogP contribution in [0.4, 0.5) is 13.2 Å². The molecule has 4 rings (SSSR count). The zero-order valence-electron chi connectivity index (χ0n) is 14.4. The predicted molar refractivity (Wildman–Crippen MR) is 91.9 cm³/mol. The third kappa shape index (κ3) is 3.54. The van der Waals surface area contributed by atoms with Crippen molar-refractivity contribution in [3.63, 3.8) is 0 Å². The number of halogens is 3. The minimum Gasteiger partial charge on any atom is -0.340 e. The number of aromatic nitrogens is 4. The van der Waals surface area contributed by atoms with Gasteiger partial charge in [-0.25, -0.2) is 0 Å². The number of carbonyl (C=O) groups is 1. The van der Waals surface area contributed by atoms with E-state index in [2.05, 4.69) is 15.3 Å². The molecule has 0 radical (unpaired) electrons. The molecular weight excluding hydrogens is 359 g/mol. The number of hydrogen-bond acceptors (Lipinski definition) is 3. The fourth-order valence-electron chi connectivity index (χ4n) is 3.50. The molecule has 27 heavy (non-hydrogen) atoms. The Bertz CT molecular complexity index is 961. The summed E-state index contributed by atoms with van der Waals surface area (Å²) in [6, 6.07) is 8.26. The van der Waals surface area contributed by atoms with Gasteiger partial charge in [0, 0.05) is 24.7 Å². The lowest BCUT2D eigenvalue weighted by atomic mass is 10.0. The highest BCUT2D eigenvalue weighted by Crippen LogP contribution is 2.29. The van der Waals surface area contributed by atoms with Crippen LogP contribution in [0.5, 0.6) is 0 Å². The fourth-order valence-corrected chi connectivity index (χ4v) is 3.50. The van der Waals surface area contributed by atoms with Crippen LogP contribution < -0.4 is 0 Å². The Hall–Kier alpha value is -2.84. The van der Waals surface area contributed by atoms with Crippen LogP contribution in [0, 0.1) is 0 Å². The first-order chi connectivity index (χ1) is 12.9. The van der Waals surface area contributed by atoms with Crippen LogP contribution in [0.15, 0.2) is 36.5 Å². The zero-order valence-corrected chi connectivity index (χ0v) is 14.4. The summed E-state index contributed by atoms with van der Waals surface area (Å²) < 4.78 is 39.6. The van der Waals surface area contributed by atoms with Crippen molar-refractivity contribution in [2.24, 2.45) is 0 Å². The van der Waals surface area contributed by atoms with Crippen molar-refractivity contribution in [3.05, 3.63) is 47.9 Å². The minimum absolute atomic E-state index is 0.0719. The molecule has 3 heterocycles. The zero-order chi connectivity index (χ0) is 19.0. The maximum atomic E-state index is 12.8. The first kappa shape index (κ1) is 17.6. The van der Waals surface area contributed by atoms with Gasteiger partial charge < -0.3 is 4.90 Å². The van der Waals surface area contributed by atoms with Crippen LogP contribution in [-0.4, -0.2) is 43.9 Å². The van der Waals surface area contributed by atoms with Gasteiger partial charge >= 0.3 is 6.18 Å². The fraction of sp³-hybridized carbons (Fsp3) is 0.389. The lowest BCUT2D eigenvalue weighted by Gasteiger charge is -2.33. The highest BCUT2D eigenvalue weighted by atomic mass is 19.4. The maximum Gasteiger partial charge on any atom is 0.435 e. The SMILES string of the molecule is O=C(Cc1[nH]nc2ccccc12)N1CCCC(n2ccc(C(F)(F)F)n2)C1. The van der Waals surface area contributed by atoms with Gasteiger partial charge in [0.05, 0.1) is 23.7 Å². The number of benzene rings is 1. The van der Waals surface area contributed by atoms with Crippen LogP contribution >= 0.6 is 0 Å². The Morgan fingerprint density at radius 3 is 2.85 bits per heavy atom. The molecular formula is C18H18F3N5O. The Balaban J connectivity index is 1.46. The molecule has 3 aromatic rings. The van der Waals surface area contributed by atoms with Gasteiger partial charge in [0.2, 0.25) is 5.91 Å². The van der Waals surface area contributed by atoms with Gasteiger partial charge in [0.1, 0.15) is 0 Å². The van der Waals surface area contributed by atoms with Crippen LogP contribution in [0.2, 0.25) is 0 Å². The Labute approximate surface area is 153 Å². The molecule has 1 aliphatic rings. The molecule has 1 unspecified atom stereocenters. The van der Waals surface area contributed by atoms with Crippen LogP contribution in [0.25, 0.3) is 10.9 Å². The highest BCUT2D eigenvalue weighted by molar-refractivity contribution is 5.87. The van der Waals surface area contributed by atoms with Gasteiger partial charge in [0.15, 0.2) is 5.69 Å². The smallest absolute Gasteiger partial charge is 0.340 e. The van der Waals surface area contributed by atoms with E-state index in [0.717, 1.165) is 29.1 Å². The van der Waals surface area contributed by atoms with Crippen LogP contribution in [0.3, 0.4) is 0 Å². The van der Waals surface area contributed by atoms with Crippen molar-refractivity contribution < 1.29 is 18.0 Å². The largest absolute Gasteiger partial charge is 0.435 e. The van der Waals surface area contributed by atoms with Crippen molar-refractivity contribution >= 4 is 16.8 Å². The second-order valence-electron chi connectivity index (χ2n) is 6.71. The van der Waals surface area contributed by atoms with Crippen molar-refractivity contribution in [2.45, 2.75) is 31.5 Å². The van der Waals surface area contributed by atoms with E-state index in [0.29, 0.717) is 19.5 Å². The highest BCUT2D eigenvalue weighted by Gasteiger charge is 2.35. The molecule has 1 atom stereocenters. The van der Waals surface area contributed by atoms with Gasteiger partial charge in [-0.05, 0) is 25.0 Å². The standard InChI is InChI=1S/C18H18F3N5O/c19-18(20,21)16-7-9-26(24-16)12-4-3-8-25(11-12)17(27)10-15-13-5-1-2-6-14(13)22-23-15/h1-2,5-7,9,12H,3-4,8,10-11H2,(H,22,23). The van der Waals surface area contributed by atoms with Crippen molar-refractivity contribution in [2.75, 3.05) is 13.1 Å². The van der Waals surface area contributed by atoms with Gasteiger partial charge in [0.25, 0.3) is 0 Å². The summed E-state index contributed by atoms with van der Waals surface area (Å²) >= 11 is 0. The molecule has 0 bridgehead atoms. The number of hydrogen-bond donors (Lipinski definition) is 1. The van der Waals surface area contributed by atoms with E-state index >= 15 is 0 Å².